The monoisotopic (exact) mass is 142 g/mol. The number of rotatable bonds is 1. The fourth-order valence-electron chi connectivity index (χ4n) is 0.823. The zero-order valence-corrected chi connectivity index (χ0v) is 5.62. The average molecular weight is 142 g/mol. The highest BCUT2D eigenvalue weighted by molar-refractivity contribution is 5.64. The smallest absolute Gasteiger partial charge is 0.333 e. The van der Waals surface area contributed by atoms with Gasteiger partial charge in [0.15, 0.2) is 0 Å². The van der Waals surface area contributed by atoms with E-state index >= 15 is 0 Å². The number of nitrogens with two attached hydrogens (primary N) is 1. The Morgan fingerprint density at radius 1 is 1.70 bits per heavy atom. The van der Waals surface area contributed by atoms with E-state index in [-0.39, 0.29) is 0 Å². The number of hydrogen-bond donors (Lipinski definition) is 1. The van der Waals surface area contributed by atoms with Crippen molar-refractivity contribution < 1.29 is 9.63 Å². The minimum absolute atomic E-state index is 0.736. The van der Waals surface area contributed by atoms with Crippen molar-refractivity contribution in [3.05, 3.63) is 12.3 Å². The van der Waals surface area contributed by atoms with Gasteiger partial charge in [0.1, 0.15) is 0 Å². The lowest BCUT2D eigenvalue weighted by Crippen LogP contribution is -2.28. The largest absolute Gasteiger partial charge is 0.428 e. The van der Waals surface area contributed by atoms with Gasteiger partial charge in [0.2, 0.25) is 0 Å². The molecule has 2 N–H and O–H groups in total. The van der Waals surface area contributed by atoms with Crippen LogP contribution in [0.15, 0.2) is 12.3 Å². The third-order valence-electron chi connectivity index (χ3n) is 1.23. The van der Waals surface area contributed by atoms with Gasteiger partial charge in [0.25, 0.3) is 0 Å². The molecule has 0 bridgehead atoms. The van der Waals surface area contributed by atoms with Crippen molar-refractivity contribution in [2.75, 3.05) is 6.54 Å². The normalized spacial score (nSPS) is 17.0. The molecule has 0 atom stereocenters. The Hall–Kier alpha value is -1.19. The van der Waals surface area contributed by atoms with Crippen molar-refractivity contribution >= 4 is 6.09 Å². The van der Waals surface area contributed by atoms with Crippen LogP contribution >= 0.6 is 0 Å². The van der Waals surface area contributed by atoms with Gasteiger partial charge in [-0.1, -0.05) is 6.08 Å². The number of hydrogen-bond acceptors (Lipinski definition) is 3. The first-order valence-corrected chi connectivity index (χ1v) is 3.20. The number of amides is 1. The van der Waals surface area contributed by atoms with Gasteiger partial charge in [-0.15, -0.1) is 0 Å². The van der Waals surface area contributed by atoms with E-state index in [1.54, 1.807) is 6.20 Å². The third-order valence-corrected chi connectivity index (χ3v) is 1.23. The summed E-state index contributed by atoms with van der Waals surface area (Å²) in [5.74, 6) is 0. The third kappa shape index (κ3) is 1.97. The Kier molecular flexibility index (Phi) is 2.15. The summed E-state index contributed by atoms with van der Waals surface area (Å²) in [5, 5.41) is 1.44. The maximum absolute atomic E-state index is 10.2. The summed E-state index contributed by atoms with van der Waals surface area (Å²) in [6.07, 6.45) is 4.94. The first kappa shape index (κ1) is 6.92. The second-order valence-corrected chi connectivity index (χ2v) is 2.08. The number of allylic oxidation sites excluding steroid dienone is 1. The topological polar surface area (TPSA) is 55.6 Å². The van der Waals surface area contributed by atoms with E-state index in [9.17, 15) is 4.79 Å². The molecular weight excluding hydrogens is 132 g/mol. The van der Waals surface area contributed by atoms with Crippen molar-refractivity contribution in [1.29, 1.82) is 0 Å². The highest BCUT2D eigenvalue weighted by Gasteiger charge is 2.05. The predicted molar refractivity (Wildman–Crippen MR) is 35.7 cm³/mol. The molecular formula is C6H10N2O2. The quantitative estimate of drug-likeness (QED) is 0.583. The van der Waals surface area contributed by atoms with Crippen LogP contribution in [-0.2, 0) is 4.84 Å². The van der Waals surface area contributed by atoms with Crippen LogP contribution in [0.4, 0.5) is 4.79 Å². The minimum atomic E-state index is -0.758. The SMILES string of the molecule is NC(=O)ON1C=CCCC1. The van der Waals surface area contributed by atoms with Gasteiger partial charge in [-0.2, -0.15) is 0 Å². The van der Waals surface area contributed by atoms with Gasteiger partial charge in [-0.25, -0.2) is 9.86 Å². The fraction of sp³-hybridized carbons (Fsp3) is 0.500. The van der Waals surface area contributed by atoms with Gasteiger partial charge < -0.3 is 10.6 Å². The maximum Gasteiger partial charge on any atom is 0.428 e. The number of nitrogens with zero attached hydrogens (tertiary/aromatic N) is 1. The zero-order valence-electron chi connectivity index (χ0n) is 5.62. The molecule has 1 amide bonds. The van der Waals surface area contributed by atoms with E-state index in [0.29, 0.717) is 0 Å². The lowest BCUT2D eigenvalue weighted by atomic mass is 10.2. The Labute approximate surface area is 59.2 Å². The Morgan fingerprint density at radius 2 is 2.50 bits per heavy atom. The van der Waals surface area contributed by atoms with Gasteiger partial charge in [0, 0.05) is 6.20 Å². The molecule has 0 spiro atoms. The van der Waals surface area contributed by atoms with Crippen molar-refractivity contribution in [2.45, 2.75) is 12.8 Å². The number of carbonyl (C=O) groups is 1. The molecule has 0 radical (unpaired) electrons. The molecule has 0 saturated carbocycles. The number of carbonyl (C=O) groups excluding carboxylic acids is 1. The Morgan fingerprint density at radius 3 is 3.00 bits per heavy atom. The molecule has 0 saturated heterocycles. The molecule has 1 rings (SSSR count). The van der Waals surface area contributed by atoms with Crippen LogP contribution in [0.25, 0.3) is 0 Å². The molecule has 0 aromatic rings. The molecule has 10 heavy (non-hydrogen) atoms. The molecule has 4 nitrogen and oxygen atoms in total. The standard InChI is InChI=1S/C6H10N2O2/c7-6(9)10-8-4-2-1-3-5-8/h2,4H,1,3,5H2,(H2,7,9). The van der Waals surface area contributed by atoms with Crippen LogP contribution in [0.1, 0.15) is 12.8 Å². The van der Waals surface area contributed by atoms with Gasteiger partial charge in [0.05, 0.1) is 6.54 Å². The fourth-order valence-corrected chi connectivity index (χ4v) is 0.823. The molecule has 0 unspecified atom stereocenters. The minimum Gasteiger partial charge on any atom is -0.333 e. The van der Waals surface area contributed by atoms with Crippen molar-refractivity contribution in [3.63, 3.8) is 0 Å². The zero-order chi connectivity index (χ0) is 7.40. The van der Waals surface area contributed by atoms with Crippen LogP contribution in [0.2, 0.25) is 0 Å². The molecule has 1 aliphatic rings. The van der Waals surface area contributed by atoms with Crippen molar-refractivity contribution in [2.24, 2.45) is 5.73 Å². The van der Waals surface area contributed by atoms with Crippen LogP contribution in [0.3, 0.4) is 0 Å². The second-order valence-electron chi connectivity index (χ2n) is 2.08. The van der Waals surface area contributed by atoms with E-state index < -0.39 is 6.09 Å². The summed E-state index contributed by atoms with van der Waals surface area (Å²) in [4.78, 5) is 14.8. The number of hydroxylamine groups is 2. The molecule has 1 heterocycles. The Bertz CT molecular complexity index is 156. The van der Waals surface area contributed by atoms with Crippen molar-refractivity contribution in [1.82, 2.24) is 5.06 Å². The first-order valence-electron chi connectivity index (χ1n) is 3.20. The molecule has 0 aliphatic carbocycles. The van der Waals surface area contributed by atoms with E-state index in [1.165, 1.54) is 5.06 Å². The molecule has 0 aromatic carbocycles. The Balaban J connectivity index is 2.33. The molecule has 1 aliphatic heterocycles. The maximum atomic E-state index is 10.2. The van der Waals surface area contributed by atoms with Crippen LogP contribution in [0, 0.1) is 0 Å². The van der Waals surface area contributed by atoms with E-state index in [1.807, 2.05) is 6.08 Å². The lowest BCUT2D eigenvalue weighted by molar-refractivity contribution is -0.0565. The first-order chi connectivity index (χ1) is 4.79. The van der Waals surface area contributed by atoms with Gasteiger partial charge >= 0.3 is 6.09 Å². The summed E-state index contributed by atoms with van der Waals surface area (Å²) in [5.41, 5.74) is 4.79. The lowest BCUT2D eigenvalue weighted by Gasteiger charge is -2.19. The van der Waals surface area contributed by atoms with E-state index in [0.717, 1.165) is 19.4 Å². The summed E-state index contributed by atoms with van der Waals surface area (Å²) in [7, 11) is 0. The highest BCUT2D eigenvalue weighted by atomic mass is 16.7. The molecule has 0 fully saturated rings. The summed E-state index contributed by atoms with van der Waals surface area (Å²) < 4.78 is 0. The predicted octanol–water partition coefficient (Wildman–Crippen LogP) is 0.606. The van der Waals surface area contributed by atoms with E-state index in [2.05, 4.69) is 4.84 Å². The van der Waals surface area contributed by atoms with Crippen molar-refractivity contribution in [3.8, 4) is 0 Å². The van der Waals surface area contributed by atoms with Crippen LogP contribution < -0.4 is 5.73 Å². The van der Waals surface area contributed by atoms with Crippen LogP contribution in [-0.4, -0.2) is 17.7 Å². The molecule has 56 valence electrons. The molecule has 4 heteroatoms. The number of primary amides is 1. The van der Waals surface area contributed by atoms with Gasteiger partial charge in [-0.05, 0) is 12.8 Å². The van der Waals surface area contributed by atoms with E-state index in [4.69, 9.17) is 5.73 Å². The second kappa shape index (κ2) is 3.10. The molecule has 0 aromatic heterocycles. The summed E-state index contributed by atoms with van der Waals surface area (Å²) >= 11 is 0. The highest BCUT2D eigenvalue weighted by Crippen LogP contribution is 2.04. The van der Waals surface area contributed by atoms with Gasteiger partial charge in [-0.3, -0.25) is 0 Å². The summed E-state index contributed by atoms with van der Waals surface area (Å²) in [6, 6.07) is 0. The van der Waals surface area contributed by atoms with Crippen LogP contribution in [0.5, 0.6) is 0 Å². The summed E-state index contributed by atoms with van der Waals surface area (Å²) in [6.45, 7) is 0.736. The average Bonchev–Trinajstić information content (AvgIpc) is 1.88.